The zero-order valence-corrected chi connectivity index (χ0v) is 14.6. The van der Waals surface area contributed by atoms with Gasteiger partial charge in [0, 0.05) is 18.8 Å². The second kappa shape index (κ2) is 7.38. The quantitative estimate of drug-likeness (QED) is 0.902. The molecule has 0 bridgehead atoms. The van der Waals surface area contributed by atoms with Gasteiger partial charge in [-0.05, 0) is 36.6 Å². The maximum Gasteiger partial charge on any atom is 0.322 e. The van der Waals surface area contributed by atoms with Crippen LogP contribution in [0.15, 0.2) is 48.5 Å². The molecule has 1 aliphatic heterocycles. The number of carbonyl (C=O) groups excluding carboxylic acids is 2. The number of nitrogens with one attached hydrogen (secondary N) is 2. The van der Waals surface area contributed by atoms with E-state index < -0.39 is 6.04 Å². The maximum atomic E-state index is 12.6. The van der Waals surface area contributed by atoms with E-state index in [-0.39, 0.29) is 11.9 Å². The molecule has 1 heterocycles. The number of anilines is 1. The normalized spacial score (nSPS) is 17.1. The highest BCUT2D eigenvalue weighted by Crippen LogP contribution is 2.23. The third-order valence-corrected chi connectivity index (χ3v) is 4.48. The molecule has 1 atom stereocenters. The lowest BCUT2D eigenvalue weighted by molar-refractivity contribution is -0.127. The van der Waals surface area contributed by atoms with Crippen LogP contribution in [0.5, 0.6) is 0 Å². The van der Waals surface area contributed by atoms with Crippen LogP contribution in [0.1, 0.15) is 18.9 Å². The molecule has 5 heteroatoms. The van der Waals surface area contributed by atoms with Gasteiger partial charge in [-0.1, -0.05) is 48.9 Å². The van der Waals surface area contributed by atoms with Crippen LogP contribution >= 0.6 is 0 Å². The Morgan fingerprint density at radius 1 is 1.20 bits per heavy atom. The van der Waals surface area contributed by atoms with Gasteiger partial charge in [0.25, 0.3) is 0 Å². The van der Waals surface area contributed by atoms with Gasteiger partial charge < -0.3 is 15.5 Å². The van der Waals surface area contributed by atoms with Crippen molar-refractivity contribution in [3.63, 3.8) is 0 Å². The molecule has 1 saturated heterocycles. The number of rotatable bonds is 3. The molecule has 3 rings (SSSR count). The predicted octanol–water partition coefficient (Wildman–Crippen LogP) is 3.40. The zero-order chi connectivity index (χ0) is 17.8. The molecule has 0 saturated carbocycles. The molecule has 1 fully saturated rings. The van der Waals surface area contributed by atoms with Crippen molar-refractivity contribution in [2.75, 3.05) is 18.4 Å². The Bertz CT molecular complexity index is 771. The number of aryl methyl sites for hydroxylation is 1. The van der Waals surface area contributed by atoms with E-state index in [9.17, 15) is 9.59 Å². The fraction of sp³-hybridized carbons (Fsp3) is 0.300. The van der Waals surface area contributed by atoms with E-state index in [0.29, 0.717) is 19.5 Å². The standard InChI is InChI=1S/C20H23N3O2/c1-3-18-19(24)21-11-12-23(18)20(25)22-17-6-4-5-16(13-17)15-9-7-14(2)8-10-15/h4-10,13,18H,3,11-12H2,1-2H3,(H,21,24)(H,22,25). The van der Waals surface area contributed by atoms with Crippen molar-refractivity contribution in [1.29, 1.82) is 0 Å². The van der Waals surface area contributed by atoms with Crippen molar-refractivity contribution in [1.82, 2.24) is 10.2 Å². The monoisotopic (exact) mass is 337 g/mol. The minimum Gasteiger partial charge on any atom is -0.353 e. The number of nitrogens with zero attached hydrogens (tertiary/aromatic N) is 1. The maximum absolute atomic E-state index is 12.6. The Morgan fingerprint density at radius 3 is 2.68 bits per heavy atom. The van der Waals surface area contributed by atoms with E-state index in [1.165, 1.54) is 5.56 Å². The summed E-state index contributed by atoms with van der Waals surface area (Å²) in [4.78, 5) is 26.1. The largest absolute Gasteiger partial charge is 0.353 e. The zero-order valence-electron chi connectivity index (χ0n) is 14.6. The number of amides is 3. The fourth-order valence-corrected chi connectivity index (χ4v) is 3.08. The molecular formula is C20H23N3O2. The molecule has 2 aromatic carbocycles. The first kappa shape index (κ1) is 17.0. The summed E-state index contributed by atoms with van der Waals surface area (Å²) in [7, 11) is 0. The molecule has 25 heavy (non-hydrogen) atoms. The van der Waals surface area contributed by atoms with Crippen LogP contribution in [-0.4, -0.2) is 36.0 Å². The van der Waals surface area contributed by atoms with Gasteiger partial charge in [0.15, 0.2) is 0 Å². The lowest BCUT2D eigenvalue weighted by atomic mass is 10.0. The highest BCUT2D eigenvalue weighted by Gasteiger charge is 2.31. The average Bonchev–Trinajstić information content (AvgIpc) is 2.62. The van der Waals surface area contributed by atoms with Crippen molar-refractivity contribution in [2.45, 2.75) is 26.3 Å². The highest BCUT2D eigenvalue weighted by molar-refractivity contribution is 5.95. The summed E-state index contributed by atoms with van der Waals surface area (Å²) >= 11 is 0. The molecule has 5 nitrogen and oxygen atoms in total. The number of piperazine rings is 1. The highest BCUT2D eigenvalue weighted by atomic mass is 16.2. The van der Waals surface area contributed by atoms with Crippen LogP contribution in [0.3, 0.4) is 0 Å². The van der Waals surface area contributed by atoms with Crippen LogP contribution in [-0.2, 0) is 4.79 Å². The fourth-order valence-electron chi connectivity index (χ4n) is 3.08. The molecule has 1 aliphatic rings. The van der Waals surface area contributed by atoms with Crippen molar-refractivity contribution in [3.05, 3.63) is 54.1 Å². The van der Waals surface area contributed by atoms with Gasteiger partial charge in [-0.25, -0.2) is 4.79 Å². The first-order valence-corrected chi connectivity index (χ1v) is 8.61. The number of benzene rings is 2. The summed E-state index contributed by atoms with van der Waals surface area (Å²) in [6.45, 7) is 4.98. The lowest BCUT2D eigenvalue weighted by Gasteiger charge is -2.34. The summed E-state index contributed by atoms with van der Waals surface area (Å²) in [5.41, 5.74) is 4.08. The van der Waals surface area contributed by atoms with Crippen LogP contribution in [0, 0.1) is 6.92 Å². The molecule has 1 unspecified atom stereocenters. The SMILES string of the molecule is CCC1C(=O)NCCN1C(=O)Nc1cccc(-c2ccc(C)cc2)c1. The lowest BCUT2D eigenvalue weighted by Crippen LogP contribution is -2.57. The number of urea groups is 1. The molecule has 2 aromatic rings. The summed E-state index contributed by atoms with van der Waals surface area (Å²) in [5.74, 6) is -0.0858. The second-order valence-corrected chi connectivity index (χ2v) is 6.29. The summed E-state index contributed by atoms with van der Waals surface area (Å²) < 4.78 is 0. The average molecular weight is 337 g/mol. The third kappa shape index (κ3) is 3.82. The minimum absolute atomic E-state index is 0.0858. The number of hydrogen-bond donors (Lipinski definition) is 2. The molecule has 0 aliphatic carbocycles. The molecular weight excluding hydrogens is 314 g/mol. The number of hydrogen-bond acceptors (Lipinski definition) is 2. The summed E-state index contributed by atoms with van der Waals surface area (Å²) in [6.07, 6.45) is 0.600. The minimum atomic E-state index is -0.408. The third-order valence-electron chi connectivity index (χ3n) is 4.48. The van der Waals surface area contributed by atoms with Crippen LogP contribution in [0.4, 0.5) is 10.5 Å². The van der Waals surface area contributed by atoms with Crippen LogP contribution in [0.25, 0.3) is 11.1 Å². The van der Waals surface area contributed by atoms with Gasteiger partial charge in [-0.3, -0.25) is 4.79 Å². The van der Waals surface area contributed by atoms with Crippen LogP contribution < -0.4 is 10.6 Å². The molecule has 3 amide bonds. The topological polar surface area (TPSA) is 61.4 Å². The first-order chi connectivity index (χ1) is 12.1. The smallest absolute Gasteiger partial charge is 0.322 e. The van der Waals surface area contributed by atoms with E-state index in [4.69, 9.17) is 0 Å². The van der Waals surface area contributed by atoms with Gasteiger partial charge in [0.2, 0.25) is 5.91 Å². The Kier molecular flexibility index (Phi) is 5.03. The van der Waals surface area contributed by atoms with Crippen molar-refractivity contribution in [3.8, 4) is 11.1 Å². The van der Waals surface area contributed by atoms with Gasteiger partial charge >= 0.3 is 6.03 Å². The van der Waals surface area contributed by atoms with E-state index in [1.54, 1.807) is 4.90 Å². The van der Waals surface area contributed by atoms with E-state index >= 15 is 0 Å². The Morgan fingerprint density at radius 2 is 1.96 bits per heavy atom. The van der Waals surface area contributed by atoms with Crippen molar-refractivity contribution < 1.29 is 9.59 Å². The van der Waals surface area contributed by atoms with Gasteiger partial charge in [-0.15, -0.1) is 0 Å². The van der Waals surface area contributed by atoms with Crippen molar-refractivity contribution in [2.24, 2.45) is 0 Å². The molecule has 0 spiro atoms. The van der Waals surface area contributed by atoms with Crippen LogP contribution in [0.2, 0.25) is 0 Å². The predicted molar refractivity (Wildman–Crippen MR) is 99.4 cm³/mol. The number of carbonyl (C=O) groups is 2. The second-order valence-electron chi connectivity index (χ2n) is 6.29. The van der Waals surface area contributed by atoms with Crippen molar-refractivity contribution >= 4 is 17.6 Å². The molecule has 130 valence electrons. The Balaban J connectivity index is 1.76. The van der Waals surface area contributed by atoms with Gasteiger partial charge in [0.05, 0.1) is 0 Å². The Labute approximate surface area is 148 Å². The van der Waals surface area contributed by atoms with E-state index in [1.807, 2.05) is 31.2 Å². The molecule has 2 N–H and O–H groups in total. The molecule has 0 aromatic heterocycles. The Hall–Kier alpha value is -2.82. The van der Waals surface area contributed by atoms with E-state index in [2.05, 4.69) is 41.8 Å². The summed E-state index contributed by atoms with van der Waals surface area (Å²) in [6, 6.07) is 15.4. The van der Waals surface area contributed by atoms with E-state index in [0.717, 1.165) is 16.8 Å². The van der Waals surface area contributed by atoms with Gasteiger partial charge in [-0.2, -0.15) is 0 Å². The van der Waals surface area contributed by atoms with Gasteiger partial charge in [0.1, 0.15) is 6.04 Å². The molecule has 0 radical (unpaired) electrons. The summed E-state index contributed by atoms with van der Waals surface area (Å²) in [5, 5.41) is 5.73. The first-order valence-electron chi connectivity index (χ1n) is 8.61.